The number of urea groups is 1. The van der Waals surface area contributed by atoms with Crippen LogP contribution in [0.25, 0.3) is 0 Å². The molecule has 148 valence electrons. The van der Waals surface area contributed by atoms with Gasteiger partial charge in [-0.2, -0.15) is 0 Å². The van der Waals surface area contributed by atoms with E-state index in [1.165, 1.54) is 0 Å². The molecule has 0 aliphatic carbocycles. The second-order valence-corrected chi connectivity index (χ2v) is 6.28. The van der Waals surface area contributed by atoms with E-state index in [9.17, 15) is 14.4 Å². The minimum atomic E-state index is -0.828. The van der Waals surface area contributed by atoms with Gasteiger partial charge < -0.3 is 31.3 Å². The summed E-state index contributed by atoms with van der Waals surface area (Å²) in [5.74, 6) is -1.01. The number of ether oxygens (including phenoxy) is 1. The zero-order chi connectivity index (χ0) is 19.6. The molecule has 1 saturated heterocycles. The largest absolute Gasteiger partial charge is 0.378 e. The molecule has 1 heterocycles. The van der Waals surface area contributed by atoms with Gasteiger partial charge in [0.25, 0.3) is 0 Å². The van der Waals surface area contributed by atoms with Crippen LogP contribution in [0.4, 0.5) is 4.79 Å². The van der Waals surface area contributed by atoms with Crippen molar-refractivity contribution in [3.8, 4) is 0 Å². The van der Waals surface area contributed by atoms with E-state index in [4.69, 9.17) is 10.5 Å². The molecule has 0 aromatic heterocycles. The maximum absolute atomic E-state index is 12.5. The number of morpholine rings is 1. The Kier molecular flexibility index (Phi) is 8.02. The molecule has 2 rings (SSSR count). The Balaban J connectivity index is 1.87. The third-order valence-corrected chi connectivity index (χ3v) is 4.36. The molecule has 1 aromatic carbocycles. The van der Waals surface area contributed by atoms with Gasteiger partial charge in [0.2, 0.25) is 11.8 Å². The van der Waals surface area contributed by atoms with Gasteiger partial charge in [0.05, 0.1) is 13.2 Å². The number of benzene rings is 1. The molecule has 1 aliphatic rings. The number of likely N-dealkylation sites (N-methyl/N-ethyl adjacent to an activating group) is 1. The summed E-state index contributed by atoms with van der Waals surface area (Å²) in [5, 5.41) is 8.23. The highest BCUT2D eigenvalue weighted by molar-refractivity contribution is 5.89. The van der Waals surface area contributed by atoms with Crippen LogP contribution in [-0.4, -0.2) is 74.7 Å². The van der Waals surface area contributed by atoms with E-state index in [1.54, 1.807) is 11.9 Å². The quantitative estimate of drug-likeness (QED) is 0.454. The number of nitrogens with one attached hydrogen (secondary N) is 3. The highest BCUT2D eigenvalue weighted by Crippen LogP contribution is 2.03. The summed E-state index contributed by atoms with van der Waals surface area (Å²) in [6.07, 6.45) is 0.304. The average Bonchev–Trinajstić information content (AvgIpc) is 2.69. The number of hydrogen-bond acceptors (Lipinski definition) is 5. The predicted octanol–water partition coefficient (Wildman–Crippen LogP) is -1.17. The van der Waals surface area contributed by atoms with Gasteiger partial charge in [-0.3, -0.25) is 9.59 Å². The van der Waals surface area contributed by atoms with Crippen molar-refractivity contribution >= 4 is 17.8 Å². The molecule has 2 atom stereocenters. The first-order valence-electron chi connectivity index (χ1n) is 8.92. The zero-order valence-corrected chi connectivity index (χ0v) is 15.4. The van der Waals surface area contributed by atoms with Gasteiger partial charge in [-0.1, -0.05) is 30.3 Å². The van der Waals surface area contributed by atoms with Gasteiger partial charge >= 0.3 is 6.03 Å². The lowest BCUT2D eigenvalue weighted by molar-refractivity contribution is -0.128. The van der Waals surface area contributed by atoms with Crippen LogP contribution in [0.15, 0.2) is 30.3 Å². The molecule has 27 heavy (non-hydrogen) atoms. The fourth-order valence-electron chi connectivity index (χ4n) is 2.74. The number of nitrogens with two attached hydrogens (primary N) is 1. The van der Waals surface area contributed by atoms with E-state index < -0.39 is 23.9 Å². The van der Waals surface area contributed by atoms with E-state index in [2.05, 4.69) is 16.0 Å². The normalized spacial score (nSPS) is 16.3. The fraction of sp³-hybridized carbons (Fsp3) is 0.500. The van der Waals surface area contributed by atoms with E-state index in [1.807, 2.05) is 30.3 Å². The van der Waals surface area contributed by atoms with Gasteiger partial charge in [0.15, 0.2) is 0 Å². The molecule has 1 fully saturated rings. The number of rotatable bonds is 8. The second-order valence-electron chi connectivity index (χ2n) is 6.28. The maximum Gasteiger partial charge on any atom is 0.317 e. The van der Waals surface area contributed by atoms with Crippen LogP contribution in [-0.2, 0) is 20.7 Å². The lowest BCUT2D eigenvalue weighted by Gasteiger charge is -2.28. The number of carbonyl (C=O) groups is 3. The van der Waals surface area contributed by atoms with Gasteiger partial charge in [-0.05, 0) is 12.6 Å². The molecule has 4 amide bonds. The van der Waals surface area contributed by atoms with Gasteiger partial charge in [-0.15, -0.1) is 0 Å². The smallest absolute Gasteiger partial charge is 0.317 e. The van der Waals surface area contributed by atoms with Crippen molar-refractivity contribution in [3.05, 3.63) is 35.9 Å². The van der Waals surface area contributed by atoms with Gasteiger partial charge in [-0.25, -0.2) is 4.79 Å². The summed E-state index contributed by atoms with van der Waals surface area (Å²) >= 11 is 0. The SMILES string of the molecule is CN[C@@H](CNC(=O)N1CCOCC1)C(=O)N[C@@H](Cc1ccccc1)C(N)=O. The molecule has 0 spiro atoms. The molecule has 0 unspecified atom stereocenters. The van der Waals surface area contributed by atoms with Crippen LogP contribution >= 0.6 is 0 Å². The molecule has 1 aliphatic heterocycles. The van der Waals surface area contributed by atoms with Gasteiger partial charge in [0.1, 0.15) is 12.1 Å². The summed E-state index contributed by atoms with van der Waals surface area (Å²) in [7, 11) is 1.61. The Labute approximate surface area is 158 Å². The molecular formula is C18H27N5O4. The first-order chi connectivity index (χ1) is 13.0. The molecule has 0 radical (unpaired) electrons. The third-order valence-electron chi connectivity index (χ3n) is 4.36. The first kappa shape index (κ1) is 20.7. The number of amides is 4. The van der Waals surface area contributed by atoms with Crippen molar-refractivity contribution in [3.63, 3.8) is 0 Å². The summed E-state index contributed by atoms with van der Waals surface area (Å²) in [4.78, 5) is 38.0. The van der Waals surface area contributed by atoms with Crippen molar-refractivity contribution in [1.29, 1.82) is 0 Å². The van der Waals surface area contributed by atoms with Crippen LogP contribution in [0.5, 0.6) is 0 Å². The molecule has 9 heteroatoms. The Morgan fingerprint density at radius 1 is 1.15 bits per heavy atom. The lowest BCUT2D eigenvalue weighted by Crippen LogP contribution is -2.56. The maximum atomic E-state index is 12.5. The molecular weight excluding hydrogens is 350 g/mol. The number of primary amides is 1. The van der Waals surface area contributed by atoms with Crippen LogP contribution in [0.2, 0.25) is 0 Å². The molecule has 1 aromatic rings. The first-order valence-corrected chi connectivity index (χ1v) is 8.92. The van der Waals surface area contributed by atoms with E-state index in [-0.39, 0.29) is 12.6 Å². The van der Waals surface area contributed by atoms with Crippen LogP contribution in [0.1, 0.15) is 5.56 Å². The number of nitrogens with zero attached hydrogens (tertiary/aromatic N) is 1. The van der Waals surface area contributed by atoms with Crippen LogP contribution < -0.4 is 21.7 Å². The van der Waals surface area contributed by atoms with E-state index >= 15 is 0 Å². The summed E-state index contributed by atoms with van der Waals surface area (Å²) in [6.45, 7) is 2.13. The van der Waals surface area contributed by atoms with Crippen molar-refractivity contribution in [1.82, 2.24) is 20.9 Å². The van der Waals surface area contributed by atoms with Crippen molar-refractivity contribution < 1.29 is 19.1 Å². The van der Waals surface area contributed by atoms with Crippen molar-refractivity contribution in [2.75, 3.05) is 39.9 Å². The van der Waals surface area contributed by atoms with Crippen molar-refractivity contribution in [2.45, 2.75) is 18.5 Å². The third kappa shape index (κ3) is 6.54. The standard InChI is InChI=1S/C18H27N5O4/c1-20-15(12-21-18(26)23-7-9-27-10-8-23)17(25)22-14(16(19)24)11-13-5-3-2-4-6-13/h2-6,14-15,20H,7-12H2,1H3,(H2,19,24)(H,21,26)(H,22,25)/t14-,15-/m0/s1. The summed E-state index contributed by atoms with van der Waals surface area (Å²) in [6, 6.07) is 7.54. The second kappa shape index (κ2) is 10.5. The fourth-order valence-corrected chi connectivity index (χ4v) is 2.74. The number of carbonyl (C=O) groups excluding carboxylic acids is 3. The molecule has 5 N–H and O–H groups in total. The van der Waals surface area contributed by atoms with E-state index in [0.717, 1.165) is 5.56 Å². The Morgan fingerprint density at radius 2 is 1.81 bits per heavy atom. The van der Waals surface area contributed by atoms with E-state index in [0.29, 0.717) is 32.7 Å². The van der Waals surface area contributed by atoms with Crippen molar-refractivity contribution in [2.24, 2.45) is 5.73 Å². The molecule has 0 bridgehead atoms. The summed E-state index contributed by atoms with van der Waals surface area (Å²) in [5.41, 5.74) is 6.32. The Morgan fingerprint density at radius 3 is 2.41 bits per heavy atom. The Bertz CT molecular complexity index is 634. The zero-order valence-electron chi connectivity index (χ0n) is 15.4. The number of hydrogen-bond donors (Lipinski definition) is 4. The minimum Gasteiger partial charge on any atom is -0.378 e. The topological polar surface area (TPSA) is 126 Å². The predicted molar refractivity (Wildman–Crippen MR) is 99.9 cm³/mol. The van der Waals surface area contributed by atoms with Crippen LogP contribution in [0, 0.1) is 0 Å². The van der Waals surface area contributed by atoms with Crippen LogP contribution in [0.3, 0.4) is 0 Å². The minimum absolute atomic E-state index is 0.0926. The summed E-state index contributed by atoms with van der Waals surface area (Å²) < 4.78 is 5.21. The Hall–Kier alpha value is -2.65. The van der Waals surface area contributed by atoms with Gasteiger partial charge in [0, 0.05) is 26.1 Å². The molecule has 9 nitrogen and oxygen atoms in total. The highest BCUT2D eigenvalue weighted by atomic mass is 16.5. The average molecular weight is 377 g/mol. The molecule has 0 saturated carbocycles. The highest BCUT2D eigenvalue weighted by Gasteiger charge is 2.25. The lowest BCUT2D eigenvalue weighted by atomic mass is 10.1. The monoisotopic (exact) mass is 377 g/mol.